The van der Waals surface area contributed by atoms with Crippen LogP contribution in [0.1, 0.15) is 0 Å². The summed E-state index contributed by atoms with van der Waals surface area (Å²) in [6, 6.07) is 8.28. The van der Waals surface area contributed by atoms with Gasteiger partial charge in [0, 0.05) is 30.1 Å². The lowest BCUT2D eigenvalue weighted by molar-refractivity contribution is 0.479. The third-order valence-electron chi connectivity index (χ3n) is 2.60. The van der Waals surface area contributed by atoms with Crippen LogP contribution in [0.3, 0.4) is 0 Å². The number of phenols is 1. The molecule has 1 unspecified atom stereocenters. The molecule has 0 saturated carbocycles. The summed E-state index contributed by atoms with van der Waals surface area (Å²) in [7, 11) is 3.80. The van der Waals surface area contributed by atoms with E-state index in [2.05, 4.69) is 0 Å². The zero-order chi connectivity index (χ0) is 12.6. The number of rotatable bonds is 2. The summed E-state index contributed by atoms with van der Waals surface area (Å²) in [6.45, 7) is 0. The first-order chi connectivity index (χ1) is 7.99. The third kappa shape index (κ3) is 2.25. The summed E-state index contributed by atoms with van der Waals surface area (Å²) in [5, 5.41) is 11.1. The molecule has 1 atom stereocenters. The molecule has 0 heterocycles. The first-order valence-electron chi connectivity index (χ1n) is 5.02. The molecule has 2 aromatic carbocycles. The van der Waals surface area contributed by atoms with E-state index in [1.54, 1.807) is 12.1 Å². The predicted molar refractivity (Wildman–Crippen MR) is 67.1 cm³/mol. The van der Waals surface area contributed by atoms with Crippen LogP contribution in [-0.2, 0) is 11.1 Å². The zero-order valence-electron chi connectivity index (χ0n) is 9.51. The zero-order valence-corrected chi connectivity index (χ0v) is 10.3. The van der Waals surface area contributed by atoms with Crippen molar-refractivity contribution in [2.75, 3.05) is 19.0 Å². The second-order valence-electron chi connectivity index (χ2n) is 3.98. The van der Waals surface area contributed by atoms with Gasteiger partial charge in [0.2, 0.25) is 0 Å². The minimum atomic E-state index is -2.34. The molecule has 0 aliphatic heterocycles. The summed E-state index contributed by atoms with van der Waals surface area (Å²) >= 11 is -2.34. The molecule has 5 heteroatoms. The van der Waals surface area contributed by atoms with Crippen LogP contribution in [-0.4, -0.2) is 28.0 Å². The molecule has 0 bridgehead atoms. The van der Waals surface area contributed by atoms with Crippen molar-refractivity contribution in [1.29, 1.82) is 0 Å². The maximum absolute atomic E-state index is 10.9. The van der Waals surface area contributed by atoms with E-state index in [0.29, 0.717) is 10.8 Å². The second-order valence-corrected chi connectivity index (χ2v) is 4.92. The maximum atomic E-state index is 10.9. The quantitative estimate of drug-likeness (QED) is 0.826. The summed E-state index contributed by atoms with van der Waals surface area (Å²) in [5.74, 6) is -0.0213. The van der Waals surface area contributed by atoms with E-state index in [0.717, 1.165) is 5.69 Å². The van der Waals surface area contributed by atoms with Gasteiger partial charge in [0.1, 0.15) is 5.75 Å². The number of anilines is 1. The topological polar surface area (TPSA) is 63.6 Å². The van der Waals surface area contributed by atoms with Crippen molar-refractivity contribution in [2.45, 2.75) is 4.90 Å². The maximum Gasteiger partial charge on any atom is 0.124 e. The van der Waals surface area contributed by atoms with Crippen LogP contribution in [0.15, 0.2) is 35.2 Å². The highest BCUT2D eigenvalue weighted by molar-refractivity contribution is 7.79. The summed E-state index contributed by atoms with van der Waals surface area (Å²) in [5.41, 5.74) is 0.950. The molecule has 2 rings (SSSR count). The van der Waals surface area contributed by atoms with E-state index >= 15 is 0 Å². The Bertz CT molecular complexity index is 596. The van der Waals surface area contributed by atoms with Crippen molar-refractivity contribution >= 4 is 27.5 Å². The lowest BCUT2D eigenvalue weighted by atomic mass is 10.1. The fraction of sp³-hybridized carbons (Fsp3) is 0.167. The van der Waals surface area contributed by atoms with Gasteiger partial charge in [-0.25, -0.2) is 0 Å². The highest BCUT2D eigenvalue weighted by Gasteiger charge is 2.05. The Morgan fingerprint density at radius 1 is 1.24 bits per heavy atom. The Labute approximate surface area is 102 Å². The Hall–Kier alpha value is -1.59. The van der Waals surface area contributed by atoms with Gasteiger partial charge in [-0.05, 0) is 46.8 Å². The van der Waals surface area contributed by atoms with Crippen LogP contribution in [0, 0.1) is 0 Å². The van der Waals surface area contributed by atoms with Gasteiger partial charge in [-0.3, -0.25) is 4.21 Å². The predicted octanol–water partition coefficient (Wildman–Crippen LogP) is 1.85. The first kappa shape index (κ1) is 11.9. The molecule has 0 fully saturated rings. The fourth-order valence-corrected chi connectivity index (χ4v) is 2.12. The number of benzene rings is 2. The van der Waals surface area contributed by atoms with Crippen LogP contribution < -0.4 is 4.90 Å². The minimum Gasteiger partial charge on any atom is -0.768 e. The molecular weight excluding hydrogens is 238 g/mol. The normalized spacial score (nSPS) is 12.6. The lowest BCUT2D eigenvalue weighted by Gasteiger charge is -2.14. The van der Waals surface area contributed by atoms with Gasteiger partial charge in [-0.2, -0.15) is 0 Å². The Morgan fingerprint density at radius 2 is 1.94 bits per heavy atom. The van der Waals surface area contributed by atoms with Crippen molar-refractivity contribution < 1.29 is 13.9 Å². The third-order valence-corrected chi connectivity index (χ3v) is 3.22. The SMILES string of the molecule is CN(C)c1ccc2c(O)cc(S(=O)[O-])cc2c1. The van der Waals surface area contributed by atoms with Gasteiger partial charge >= 0.3 is 0 Å². The number of phenolic OH excluding ortho intramolecular Hbond substituents is 1. The number of fused-ring (bicyclic) bond motifs is 1. The molecule has 90 valence electrons. The average Bonchev–Trinajstić information content (AvgIpc) is 2.27. The van der Waals surface area contributed by atoms with Crippen molar-refractivity contribution in [3.8, 4) is 5.75 Å². The van der Waals surface area contributed by atoms with E-state index in [-0.39, 0.29) is 10.6 Å². The number of aromatic hydroxyl groups is 1. The lowest BCUT2D eigenvalue weighted by Crippen LogP contribution is -2.08. The molecule has 2 aromatic rings. The van der Waals surface area contributed by atoms with Crippen LogP contribution >= 0.6 is 0 Å². The van der Waals surface area contributed by atoms with E-state index in [4.69, 9.17) is 0 Å². The van der Waals surface area contributed by atoms with Crippen LogP contribution in [0.5, 0.6) is 5.75 Å². The van der Waals surface area contributed by atoms with E-state index < -0.39 is 11.1 Å². The van der Waals surface area contributed by atoms with Crippen molar-refractivity contribution in [1.82, 2.24) is 0 Å². The van der Waals surface area contributed by atoms with Crippen molar-refractivity contribution in [2.24, 2.45) is 0 Å². The van der Waals surface area contributed by atoms with Crippen molar-refractivity contribution in [3.05, 3.63) is 30.3 Å². The smallest absolute Gasteiger partial charge is 0.124 e. The highest BCUT2D eigenvalue weighted by Crippen LogP contribution is 2.30. The number of hydrogen-bond acceptors (Lipinski definition) is 4. The molecule has 0 amide bonds. The summed E-state index contributed by atoms with van der Waals surface area (Å²) < 4.78 is 21.8. The number of hydrogen-bond donors (Lipinski definition) is 1. The van der Waals surface area contributed by atoms with Crippen LogP contribution in [0.4, 0.5) is 5.69 Å². The molecule has 4 nitrogen and oxygen atoms in total. The van der Waals surface area contributed by atoms with E-state index in [9.17, 15) is 13.9 Å². The Morgan fingerprint density at radius 3 is 2.53 bits per heavy atom. The van der Waals surface area contributed by atoms with Gasteiger partial charge < -0.3 is 14.6 Å². The molecular formula is C12H12NO3S-. The van der Waals surface area contributed by atoms with Crippen molar-refractivity contribution in [3.63, 3.8) is 0 Å². The molecule has 0 aromatic heterocycles. The Kier molecular flexibility index (Phi) is 3.04. The summed E-state index contributed by atoms with van der Waals surface area (Å²) in [6.07, 6.45) is 0. The molecule has 0 aliphatic carbocycles. The Balaban J connectivity index is 2.70. The molecule has 0 aliphatic rings. The van der Waals surface area contributed by atoms with Crippen LogP contribution in [0.25, 0.3) is 10.8 Å². The molecule has 1 N–H and O–H groups in total. The highest BCUT2D eigenvalue weighted by atomic mass is 32.2. The van der Waals surface area contributed by atoms with Gasteiger partial charge in [-0.15, -0.1) is 0 Å². The first-order valence-corrected chi connectivity index (χ1v) is 6.10. The number of nitrogens with zero attached hydrogens (tertiary/aromatic N) is 1. The molecule has 17 heavy (non-hydrogen) atoms. The van der Waals surface area contributed by atoms with Crippen LogP contribution in [0.2, 0.25) is 0 Å². The van der Waals surface area contributed by atoms with Gasteiger partial charge in [0.05, 0.1) is 0 Å². The van der Waals surface area contributed by atoms with E-state index in [1.807, 2.05) is 31.1 Å². The van der Waals surface area contributed by atoms with Gasteiger partial charge in [0.25, 0.3) is 0 Å². The molecule has 0 radical (unpaired) electrons. The monoisotopic (exact) mass is 250 g/mol. The largest absolute Gasteiger partial charge is 0.768 e. The summed E-state index contributed by atoms with van der Waals surface area (Å²) in [4.78, 5) is 2.00. The second kappa shape index (κ2) is 4.35. The molecule has 0 saturated heterocycles. The van der Waals surface area contributed by atoms with Gasteiger partial charge in [-0.1, -0.05) is 0 Å². The molecule has 0 spiro atoms. The van der Waals surface area contributed by atoms with E-state index in [1.165, 1.54) is 6.07 Å². The fourth-order valence-electron chi connectivity index (χ4n) is 1.68. The van der Waals surface area contributed by atoms with Gasteiger partial charge in [0.15, 0.2) is 0 Å². The minimum absolute atomic E-state index is 0.0213. The standard InChI is InChI=1S/C12H13NO3S/c1-13(2)9-3-4-11-8(5-9)6-10(17(15)16)7-12(11)14/h3-7,14H,1-2H3,(H,15,16)/p-1. The average molecular weight is 250 g/mol.